The van der Waals surface area contributed by atoms with Gasteiger partial charge in [0.05, 0.1) is 5.69 Å². The number of hydrogen-bond donors (Lipinski definition) is 2. The van der Waals surface area contributed by atoms with Crippen LogP contribution in [0.3, 0.4) is 0 Å². The smallest absolute Gasteiger partial charge is 0.213 e. The van der Waals surface area contributed by atoms with E-state index in [9.17, 15) is 0 Å². The van der Waals surface area contributed by atoms with Crippen molar-refractivity contribution in [3.8, 4) is 0 Å². The highest BCUT2D eigenvalue weighted by molar-refractivity contribution is 5.82. The molecular weight excluding hydrogens is 224 g/mol. The molecule has 1 aliphatic rings. The van der Waals surface area contributed by atoms with Crippen molar-refractivity contribution in [1.29, 1.82) is 0 Å². The molecule has 98 valence electrons. The van der Waals surface area contributed by atoms with Gasteiger partial charge >= 0.3 is 0 Å². The fourth-order valence-corrected chi connectivity index (χ4v) is 2.65. The first-order valence-corrected chi connectivity index (χ1v) is 6.54. The third-order valence-electron chi connectivity index (χ3n) is 3.29. The van der Waals surface area contributed by atoms with Gasteiger partial charge in [-0.05, 0) is 30.4 Å². The number of guanidine groups is 1. The summed E-state index contributed by atoms with van der Waals surface area (Å²) in [7, 11) is 0. The van der Waals surface area contributed by atoms with Gasteiger partial charge in [0.2, 0.25) is 5.96 Å². The number of hydrazine groups is 1. The summed E-state index contributed by atoms with van der Waals surface area (Å²) in [6.45, 7) is 6.58. The van der Waals surface area contributed by atoms with Crippen molar-refractivity contribution in [3.63, 3.8) is 0 Å². The van der Waals surface area contributed by atoms with Gasteiger partial charge < -0.3 is 4.90 Å². The van der Waals surface area contributed by atoms with Gasteiger partial charge in [0, 0.05) is 13.1 Å². The van der Waals surface area contributed by atoms with E-state index in [1.807, 2.05) is 30.3 Å². The second-order valence-corrected chi connectivity index (χ2v) is 5.27. The van der Waals surface area contributed by atoms with Crippen LogP contribution in [0.4, 0.5) is 5.69 Å². The Balaban J connectivity index is 2.15. The van der Waals surface area contributed by atoms with Crippen molar-refractivity contribution < 1.29 is 0 Å². The SMILES string of the molecule is CC1CC(C)CN(C(=Nc2ccccc2)NN)C1. The van der Waals surface area contributed by atoms with Crippen LogP contribution in [0.15, 0.2) is 35.3 Å². The third-order valence-corrected chi connectivity index (χ3v) is 3.29. The van der Waals surface area contributed by atoms with Gasteiger partial charge in [-0.3, -0.25) is 5.43 Å². The van der Waals surface area contributed by atoms with E-state index < -0.39 is 0 Å². The van der Waals surface area contributed by atoms with Crippen LogP contribution in [0.2, 0.25) is 0 Å². The monoisotopic (exact) mass is 246 g/mol. The summed E-state index contributed by atoms with van der Waals surface area (Å²) in [6.07, 6.45) is 1.28. The van der Waals surface area contributed by atoms with Gasteiger partial charge in [-0.25, -0.2) is 10.8 Å². The maximum absolute atomic E-state index is 5.62. The van der Waals surface area contributed by atoms with Gasteiger partial charge in [-0.2, -0.15) is 0 Å². The molecule has 0 spiro atoms. The Kier molecular flexibility index (Phi) is 4.20. The number of rotatable bonds is 1. The van der Waals surface area contributed by atoms with Crippen LogP contribution in [-0.4, -0.2) is 23.9 Å². The first-order chi connectivity index (χ1) is 8.69. The van der Waals surface area contributed by atoms with Crippen LogP contribution in [0.5, 0.6) is 0 Å². The first-order valence-electron chi connectivity index (χ1n) is 6.54. The molecule has 1 aromatic rings. The number of piperidine rings is 1. The van der Waals surface area contributed by atoms with Crippen molar-refractivity contribution in [2.45, 2.75) is 20.3 Å². The van der Waals surface area contributed by atoms with E-state index in [0.717, 1.165) is 24.7 Å². The number of benzene rings is 1. The molecule has 4 nitrogen and oxygen atoms in total. The Bertz CT molecular complexity index is 392. The number of nitrogens with zero attached hydrogens (tertiary/aromatic N) is 2. The van der Waals surface area contributed by atoms with Crippen LogP contribution in [0, 0.1) is 11.8 Å². The standard InChI is InChI=1S/C14H22N4/c1-11-8-12(2)10-18(9-11)14(17-15)16-13-6-4-3-5-7-13/h3-7,11-12H,8-10,15H2,1-2H3,(H,16,17). The predicted molar refractivity (Wildman–Crippen MR) is 75.4 cm³/mol. The molecule has 18 heavy (non-hydrogen) atoms. The Morgan fingerprint density at radius 2 is 1.83 bits per heavy atom. The summed E-state index contributed by atoms with van der Waals surface area (Å²) in [6, 6.07) is 9.91. The van der Waals surface area contributed by atoms with Crippen LogP contribution in [0.1, 0.15) is 20.3 Å². The summed E-state index contributed by atoms with van der Waals surface area (Å²) >= 11 is 0. The largest absolute Gasteiger partial charge is 0.341 e. The molecule has 0 amide bonds. The van der Waals surface area contributed by atoms with Crippen molar-refractivity contribution in [2.75, 3.05) is 13.1 Å². The van der Waals surface area contributed by atoms with Crippen molar-refractivity contribution in [3.05, 3.63) is 30.3 Å². The van der Waals surface area contributed by atoms with Crippen LogP contribution < -0.4 is 11.3 Å². The second kappa shape index (κ2) is 5.87. The van der Waals surface area contributed by atoms with Gasteiger partial charge in [0.25, 0.3) is 0 Å². The average Bonchev–Trinajstić information content (AvgIpc) is 2.36. The molecular formula is C14H22N4. The lowest BCUT2D eigenvalue weighted by Gasteiger charge is -2.36. The minimum atomic E-state index is 0.683. The van der Waals surface area contributed by atoms with E-state index in [4.69, 9.17) is 5.84 Å². The Morgan fingerprint density at radius 1 is 1.22 bits per heavy atom. The molecule has 1 aliphatic heterocycles. The van der Waals surface area contributed by atoms with Crippen molar-refractivity contribution in [2.24, 2.45) is 22.7 Å². The van der Waals surface area contributed by atoms with E-state index in [1.54, 1.807) is 0 Å². The average molecular weight is 246 g/mol. The molecule has 2 rings (SSSR count). The molecule has 3 N–H and O–H groups in total. The summed E-state index contributed by atoms with van der Waals surface area (Å²) in [5.41, 5.74) is 3.66. The molecule has 1 aromatic carbocycles. The molecule has 0 bridgehead atoms. The predicted octanol–water partition coefficient (Wildman–Crippen LogP) is 2.12. The highest BCUT2D eigenvalue weighted by atomic mass is 15.4. The highest BCUT2D eigenvalue weighted by Crippen LogP contribution is 2.21. The summed E-state index contributed by atoms with van der Waals surface area (Å²) in [4.78, 5) is 6.82. The molecule has 4 heteroatoms. The molecule has 0 saturated carbocycles. The molecule has 1 heterocycles. The molecule has 0 aliphatic carbocycles. The van der Waals surface area contributed by atoms with E-state index in [1.165, 1.54) is 6.42 Å². The van der Waals surface area contributed by atoms with Crippen LogP contribution in [-0.2, 0) is 0 Å². The zero-order valence-electron chi connectivity index (χ0n) is 11.1. The van der Waals surface area contributed by atoms with Crippen molar-refractivity contribution in [1.82, 2.24) is 10.3 Å². The van der Waals surface area contributed by atoms with E-state index in [0.29, 0.717) is 11.8 Å². The minimum absolute atomic E-state index is 0.683. The fraction of sp³-hybridized carbons (Fsp3) is 0.500. The van der Waals surface area contributed by atoms with Gasteiger partial charge in [0.15, 0.2) is 0 Å². The molecule has 2 atom stereocenters. The lowest BCUT2D eigenvalue weighted by atomic mass is 9.92. The van der Waals surface area contributed by atoms with Crippen molar-refractivity contribution >= 4 is 11.6 Å². The van der Waals surface area contributed by atoms with Crippen LogP contribution >= 0.6 is 0 Å². The molecule has 2 unspecified atom stereocenters. The summed E-state index contributed by atoms with van der Waals surface area (Å²) in [5.74, 6) is 7.75. The number of nitrogens with two attached hydrogens (primary N) is 1. The Hall–Kier alpha value is -1.55. The Morgan fingerprint density at radius 3 is 2.39 bits per heavy atom. The molecule has 0 aromatic heterocycles. The maximum Gasteiger partial charge on any atom is 0.213 e. The fourth-order valence-electron chi connectivity index (χ4n) is 2.65. The minimum Gasteiger partial charge on any atom is -0.341 e. The Labute approximate surface area is 109 Å². The topological polar surface area (TPSA) is 53.6 Å². The lowest BCUT2D eigenvalue weighted by molar-refractivity contribution is 0.209. The number of nitrogens with one attached hydrogen (secondary N) is 1. The van der Waals surface area contributed by atoms with E-state index in [-0.39, 0.29) is 0 Å². The number of para-hydroxylation sites is 1. The second-order valence-electron chi connectivity index (χ2n) is 5.27. The van der Waals surface area contributed by atoms with Gasteiger partial charge in [-0.1, -0.05) is 32.0 Å². The maximum atomic E-state index is 5.62. The number of likely N-dealkylation sites (tertiary alicyclic amines) is 1. The quantitative estimate of drug-likeness (QED) is 0.345. The number of aliphatic imine (C=N–C) groups is 1. The van der Waals surface area contributed by atoms with Crippen LogP contribution in [0.25, 0.3) is 0 Å². The first kappa shape index (κ1) is 12.9. The normalized spacial score (nSPS) is 25.1. The zero-order chi connectivity index (χ0) is 13.0. The highest BCUT2D eigenvalue weighted by Gasteiger charge is 2.23. The molecule has 1 fully saturated rings. The lowest BCUT2D eigenvalue weighted by Crippen LogP contribution is -2.50. The molecule has 0 radical (unpaired) electrons. The van der Waals surface area contributed by atoms with E-state index in [2.05, 4.69) is 29.2 Å². The number of hydrogen-bond acceptors (Lipinski definition) is 2. The van der Waals surface area contributed by atoms with E-state index >= 15 is 0 Å². The van der Waals surface area contributed by atoms with Gasteiger partial charge in [0.1, 0.15) is 0 Å². The molecule has 1 saturated heterocycles. The zero-order valence-corrected chi connectivity index (χ0v) is 11.1. The summed E-state index contributed by atoms with van der Waals surface area (Å²) < 4.78 is 0. The summed E-state index contributed by atoms with van der Waals surface area (Å²) in [5, 5.41) is 0. The third kappa shape index (κ3) is 3.23. The van der Waals surface area contributed by atoms with Gasteiger partial charge in [-0.15, -0.1) is 0 Å².